The maximum Gasteiger partial charge on any atom is 0.413 e. The van der Waals surface area contributed by atoms with Crippen molar-refractivity contribution in [1.29, 1.82) is 0 Å². The molecule has 6 heteroatoms. The van der Waals surface area contributed by atoms with Crippen molar-refractivity contribution in [2.45, 2.75) is 51.5 Å². The average Bonchev–Trinajstić information content (AvgIpc) is 2.43. The van der Waals surface area contributed by atoms with E-state index in [-0.39, 0.29) is 12.8 Å². The minimum absolute atomic E-state index is 0.246. The van der Waals surface area contributed by atoms with Crippen LogP contribution in [0.25, 0.3) is 0 Å². The number of amides is 1. The summed E-state index contributed by atoms with van der Waals surface area (Å²) in [6, 6.07) is -0.996. The van der Waals surface area contributed by atoms with Crippen LogP contribution in [0.3, 0.4) is 0 Å². The number of likely N-dealkylation sites (tertiary alicyclic amines) is 1. The third-order valence-electron chi connectivity index (χ3n) is 2.24. The summed E-state index contributed by atoms with van der Waals surface area (Å²) in [5.41, 5.74) is -0.706. The van der Waals surface area contributed by atoms with E-state index in [4.69, 9.17) is 9.84 Å². The van der Waals surface area contributed by atoms with Gasteiger partial charge in [-0.2, -0.15) is 0 Å². The van der Waals surface area contributed by atoms with Crippen LogP contribution in [0.15, 0.2) is 0 Å². The van der Waals surface area contributed by atoms with E-state index in [0.717, 1.165) is 4.90 Å². The van der Waals surface area contributed by atoms with E-state index in [2.05, 4.69) is 0 Å². The van der Waals surface area contributed by atoms with Gasteiger partial charge in [0.15, 0.2) is 0 Å². The Labute approximate surface area is 93.8 Å². The second kappa shape index (κ2) is 4.29. The Bertz CT molecular complexity index is 296. The third kappa shape index (κ3) is 2.85. The van der Waals surface area contributed by atoms with Gasteiger partial charge in [0.25, 0.3) is 0 Å². The predicted molar refractivity (Wildman–Crippen MR) is 54.7 cm³/mol. The fourth-order valence-electron chi connectivity index (χ4n) is 1.60. The van der Waals surface area contributed by atoms with Crippen molar-refractivity contribution in [1.82, 2.24) is 4.90 Å². The molecule has 0 aromatic carbocycles. The minimum atomic E-state index is -1.12. The van der Waals surface area contributed by atoms with Crippen LogP contribution in [0.2, 0.25) is 0 Å². The van der Waals surface area contributed by atoms with Gasteiger partial charge in [0, 0.05) is 0 Å². The lowest BCUT2D eigenvalue weighted by molar-refractivity contribution is -0.144. The van der Waals surface area contributed by atoms with Crippen LogP contribution in [0, 0.1) is 0 Å². The summed E-state index contributed by atoms with van der Waals surface area (Å²) in [5.74, 6) is -1.12. The Hall–Kier alpha value is -1.30. The van der Waals surface area contributed by atoms with Gasteiger partial charge >= 0.3 is 12.1 Å². The molecule has 0 spiro atoms. The molecule has 2 N–H and O–H groups in total. The number of aliphatic hydroxyl groups is 1. The van der Waals surface area contributed by atoms with Crippen LogP contribution < -0.4 is 0 Å². The number of hydrogen-bond donors (Lipinski definition) is 2. The Morgan fingerprint density at radius 3 is 2.31 bits per heavy atom. The van der Waals surface area contributed by atoms with Gasteiger partial charge in [-0.15, -0.1) is 0 Å². The number of hydrogen-bond acceptors (Lipinski definition) is 4. The highest BCUT2D eigenvalue weighted by molar-refractivity contribution is 5.81. The Kier molecular flexibility index (Phi) is 3.42. The van der Waals surface area contributed by atoms with Gasteiger partial charge in [-0.1, -0.05) is 0 Å². The number of aliphatic hydroxyl groups excluding tert-OH is 1. The number of carboxylic acid groups (broad SMARTS) is 1. The first-order valence-electron chi connectivity index (χ1n) is 5.14. The van der Waals surface area contributed by atoms with Crippen molar-refractivity contribution in [3.63, 3.8) is 0 Å². The molecule has 0 radical (unpaired) electrons. The maximum atomic E-state index is 11.7. The van der Waals surface area contributed by atoms with Crippen molar-refractivity contribution in [3.05, 3.63) is 0 Å². The van der Waals surface area contributed by atoms with Gasteiger partial charge < -0.3 is 14.9 Å². The molecule has 0 aromatic rings. The predicted octanol–water partition coefficient (Wildman–Crippen LogP) is 0.789. The first kappa shape index (κ1) is 12.8. The molecule has 1 aliphatic rings. The molecule has 0 bridgehead atoms. The van der Waals surface area contributed by atoms with Crippen LogP contribution >= 0.6 is 0 Å². The quantitative estimate of drug-likeness (QED) is 0.696. The van der Waals surface area contributed by atoms with E-state index in [9.17, 15) is 14.7 Å². The Morgan fingerprint density at radius 1 is 1.31 bits per heavy atom. The first-order chi connectivity index (χ1) is 7.22. The third-order valence-corrected chi connectivity index (χ3v) is 2.24. The van der Waals surface area contributed by atoms with Crippen LogP contribution in [0.4, 0.5) is 4.79 Å². The summed E-state index contributed by atoms with van der Waals surface area (Å²) < 4.78 is 5.04. The SMILES string of the molecule is CC(C)(C)OC(=O)N1C(O)CCC1C(=O)O. The molecule has 1 fully saturated rings. The normalized spacial score (nSPS) is 25.6. The topological polar surface area (TPSA) is 87.1 Å². The van der Waals surface area contributed by atoms with E-state index < -0.39 is 29.9 Å². The van der Waals surface area contributed by atoms with Gasteiger partial charge in [-0.05, 0) is 33.6 Å². The molecular formula is C10H17NO5. The van der Waals surface area contributed by atoms with Crippen molar-refractivity contribution in [3.8, 4) is 0 Å². The Balaban J connectivity index is 2.76. The number of carbonyl (C=O) groups is 2. The summed E-state index contributed by atoms with van der Waals surface area (Å²) in [6.07, 6.45) is -1.35. The molecule has 0 saturated carbocycles. The molecule has 1 rings (SSSR count). The molecule has 1 amide bonds. The van der Waals surface area contributed by atoms with E-state index in [1.807, 2.05) is 0 Å². The van der Waals surface area contributed by atoms with E-state index in [1.165, 1.54) is 0 Å². The fraction of sp³-hybridized carbons (Fsp3) is 0.800. The monoisotopic (exact) mass is 231 g/mol. The molecule has 92 valence electrons. The average molecular weight is 231 g/mol. The molecule has 2 unspecified atom stereocenters. The highest BCUT2D eigenvalue weighted by Crippen LogP contribution is 2.25. The lowest BCUT2D eigenvalue weighted by Gasteiger charge is -2.28. The smallest absolute Gasteiger partial charge is 0.413 e. The number of ether oxygens (including phenoxy) is 1. The number of carbonyl (C=O) groups excluding carboxylic acids is 1. The van der Waals surface area contributed by atoms with Crippen LogP contribution in [-0.2, 0) is 9.53 Å². The number of aliphatic carboxylic acids is 1. The summed E-state index contributed by atoms with van der Waals surface area (Å²) in [4.78, 5) is 23.4. The summed E-state index contributed by atoms with van der Waals surface area (Å²) in [6.45, 7) is 5.05. The van der Waals surface area contributed by atoms with Gasteiger partial charge in [0.1, 0.15) is 17.9 Å². The first-order valence-corrected chi connectivity index (χ1v) is 5.14. The second-order valence-corrected chi connectivity index (χ2v) is 4.80. The summed E-state index contributed by atoms with van der Waals surface area (Å²) in [7, 11) is 0. The minimum Gasteiger partial charge on any atom is -0.480 e. The molecular weight excluding hydrogens is 214 g/mol. The standard InChI is InChI=1S/C10H17NO5/c1-10(2,3)16-9(15)11-6(8(13)14)4-5-7(11)12/h6-7,12H,4-5H2,1-3H3,(H,13,14). The highest BCUT2D eigenvalue weighted by atomic mass is 16.6. The molecule has 1 saturated heterocycles. The van der Waals surface area contributed by atoms with Crippen LogP contribution in [0.5, 0.6) is 0 Å². The maximum absolute atomic E-state index is 11.7. The zero-order valence-corrected chi connectivity index (χ0v) is 9.64. The van der Waals surface area contributed by atoms with Crippen molar-refractivity contribution >= 4 is 12.1 Å². The van der Waals surface area contributed by atoms with Crippen LogP contribution in [0.1, 0.15) is 33.6 Å². The zero-order valence-electron chi connectivity index (χ0n) is 9.64. The molecule has 16 heavy (non-hydrogen) atoms. The fourth-order valence-corrected chi connectivity index (χ4v) is 1.60. The van der Waals surface area contributed by atoms with Crippen molar-refractivity contribution in [2.24, 2.45) is 0 Å². The summed E-state index contributed by atoms with van der Waals surface area (Å²) >= 11 is 0. The number of nitrogens with zero attached hydrogens (tertiary/aromatic N) is 1. The molecule has 1 heterocycles. The number of carboxylic acids is 1. The lowest BCUT2D eigenvalue weighted by atomic mass is 10.2. The molecule has 0 aromatic heterocycles. The zero-order chi connectivity index (χ0) is 12.5. The molecule has 6 nitrogen and oxygen atoms in total. The molecule has 1 aliphatic heterocycles. The largest absolute Gasteiger partial charge is 0.480 e. The molecule has 0 aliphatic carbocycles. The van der Waals surface area contributed by atoms with E-state index >= 15 is 0 Å². The Morgan fingerprint density at radius 2 is 1.88 bits per heavy atom. The van der Waals surface area contributed by atoms with Crippen molar-refractivity contribution in [2.75, 3.05) is 0 Å². The second-order valence-electron chi connectivity index (χ2n) is 4.80. The van der Waals surface area contributed by atoms with E-state index in [0.29, 0.717) is 0 Å². The van der Waals surface area contributed by atoms with Crippen LogP contribution in [-0.4, -0.2) is 45.0 Å². The summed E-state index contributed by atoms with van der Waals surface area (Å²) in [5, 5.41) is 18.4. The molecule has 2 atom stereocenters. The lowest BCUT2D eigenvalue weighted by Crippen LogP contribution is -2.47. The van der Waals surface area contributed by atoms with E-state index in [1.54, 1.807) is 20.8 Å². The van der Waals surface area contributed by atoms with Gasteiger partial charge in [0.2, 0.25) is 0 Å². The van der Waals surface area contributed by atoms with Gasteiger partial charge in [-0.25, -0.2) is 9.59 Å². The van der Waals surface area contributed by atoms with Gasteiger partial charge in [0.05, 0.1) is 0 Å². The van der Waals surface area contributed by atoms with Gasteiger partial charge in [-0.3, -0.25) is 4.90 Å². The highest BCUT2D eigenvalue weighted by Gasteiger charge is 2.42. The number of rotatable bonds is 1. The van der Waals surface area contributed by atoms with Crippen molar-refractivity contribution < 1.29 is 24.5 Å².